The van der Waals surface area contributed by atoms with Crippen molar-refractivity contribution in [1.29, 1.82) is 0 Å². The number of rotatable bonds is 3. The van der Waals surface area contributed by atoms with Crippen LogP contribution >= 0.6 is 23.2 Å². The first-order valence-corrected chi connectivity index (χ1v) is 10.1. The van der Waals surface area contributed by atoms with Crippen LogP contribution in [-0.2, 0) is 15.2 Å². The van der Waals surface area contributed by atoms with Gasteiger partial charge in [-0.25, -0.2) is 0 Å². The monoisotopic (exact) mass is 393 g/mol. The minimum atomic E-state index is -1.91. The highest BCUT2D eigenvalue weighted by atomic mass is 35.5. The summed E-state index contributed by atoms with van der Waals surface area (Å²) >= 11 is 12.3. The quantitative estimate of drug-likeness (QED) is 0.803. The van der Waals surface area contributed by atoms with Crippen molar-refractivity contribution in [2.45, 2.75) is 50.5 Å². The number of Topliss-reactive ketones (excluding diaryl/α,β-unsaturated/α-hetero) is 1. The van der Waals surface area contributed by atoms with Crippen LogP contribution in [0.1, 0.15) is 50.5 Å². The fourth-order valence-corrected chi connectivity index (χ4v) is 7.12. The molecule has 0 saturated heterocycles. The highest BCUT2D eigenvalue weighted by Gasteiger charge is 2.57. The Bertz CT molecular complexity index is 801. The van der Waals surface area contributed by atoms with E-state index in [1.165, 1.54) is 25.3 Å². The molecular formula is C20H21Cl2NO3. The molecule has 138 valence electrons. The van der Waals surface area contributed by atoms with Crippen LogP contribution in [0.3, 0.4) is 0 Å². The molecule has 4 saturated carbocycles. The molecule has 0 radical (unpaired) electrons. The van der Waals surface area contributed by atoms with Crippen LogP contribution in [-0.4, -0.2) is 16.8 Å². The first-order valence-electron chi connectivity index (χ1n) is 9.36. The zero-order valence-corrected chi connectivity index (χ0v) is 15.9. The first kappa shape index (κ1) is 17.0. The molecule has 4 bridgehead atoms. The van der Waals surface area contributed by atoms with Gasteiger partial charge in [0.25, 0.3) is 5.91 Å². The summed E-state index contributed by atoms with van der Waals surface area (Å²) in [4.78, 5) is 25.9. The zero-order chi connectivity index (χ0) is 18.3. The molecule has 0 spiro atoms. The molecule has 6 heteroatoms. The number of halogens is 2. The molecule has 4 fully saturated rings. The van der Waals surface area contributed by atoms with E-state index in [4.69, 9.17) is 23.2 Å². The average molecular weight is 394 g/mol. The smallest absolute Gasteiger partial charge is 0.261 e. The Morgan fingerprint density at radius 3 is 2.27 bits per heavy atom. The largest absolute Gasteiger partial charge is 0.375 e. The number of ketones is 1. The number of benzene rings is 1. The van der Waals surface area contributed by atoms with E-state index in [0.717, 1.165) is 19.3 Å². The molecule has 1 atom stereocenters. The number of hydrogen-bond donors (Lipinski definition) is 2. The van der Waals surface area contributed by atoms with E-state index >= 15 is 0 Å². The summed E-state index contributed by atoms with van der Waals surface area (Å²) in [6, 6.07) is 3.07. The van der Waals surface area contributed by atoms with Crippen molar-refractivity contribution >= 4 is 40.6 Å². The topological polar surface area (TPSA) is 66.4 Å². The molecule has 5 aliphatic rings. The van der Waals surface area contributed by atoms with Crippen molar-refractivity contribution in [3.8, 4) is 0 Å². The molecule has 1 aromatic carbocycles. The second kappa shape index (κ2) is 5.46. The SMILES string of the molecule is O=C(C[C@@]1(O)C(=O)Nc2cc(Cl)cc(Cl)c21)C12CC3CC(CC(C3)C1)C2. The van der Waals surface area contributed by atoms with Gasteiger partial charge in [0.2, 0.25) is 0 Å². The van der Waals surface area contributed by atoms with E-state index in [9.17, 15) is 14.7 Å². The lowest BCUT2D eigenvalue weighted by atomic mass is 9.48. The molecule has 2 N–H and O–H groups in total. The van der Waals surface area contributed by atoms with Gasteiger partial charge in [0.05, 0.1) is 10.7 Å². The Morgan fingerprint density at radius 1 is 1.12 bits per heavy atom. The van der Waals surface area contributed by atoms with Crippen LogP contribution < -0.4 is 5.32 Å². The van der Waals surface area contributed by atoms with Crippen molar-refractivity contribution < 1.29 is 14.7 Å². The Balaban J connectivity index is 1.48. The van der Waals surface area contributed by atoms with Gasteiger partial charge >= 0.3 is 0 Å². The Labute approximate surface area is 162 Å². The van der Waals surface area contributed by atoms with E-state index in [2.05, 4.69) is 5.32 Å². The summed E-state index contributed by atoms with van der Waals surface area (Å²) in [6.45, 7) is 0. The second-order valence-corrected chi connectivity index (χ2v) is 9.77. The van der Waals surface area contributed by atoms with Crippen LogP contribution in [0.2, 0.25) is 10.0 Å². The van der Waals surface area contributed by atoms with Crippen molar-refractivity contribution in [1.82, 2.24) is 0 Å². The predicted octanol–water partition coefficient (Wildman–Crippen LogP) is 4.31. The highest BCUT2D eigenvalue weighted by Crippen LogP contribution is 2.61. The van der Waals surface area contributed by atoms with E-state index in [-0.39, 0.29) is 28.2 Å². The Kier molecular flexibility index (Phi) is 3.58. The van der Waals surface area contributed by atoms with Crippen molar-refractivity contribution in [2.24, 2.45) is 23.2 Å². The minimum Gasteiger partial charge on any atom is -0.375 e. The fourth-order valence-electron chi connectivity index (χ4n) is 6.47. The van der Waals surface area contributed by atoms with Gasteiger partial charge in [0, 0.05) is 22.4 Å². The van der Waals surface area contributed by atoms with Gasteiger partial charge in [0.15, 0.2) is 5.60 Å². The number of fused-ring (bicyclic) bond motifs is 1. The van der Waals surface area contributed by atoms with Gasteiger partial charge in [-0.05, 0) is 68.4 Å². The molecule has 26 heavy (non-hydrogen) atoms. The van der Waals surface area contributed by atoms with Gasteiger partial charge < -0.3 is 10.4 Å². The van der Waals surface area contributed by atoms with Crippen molar-refractivity contribution in [3.63, 3.8) is 0 Å². The second-order valence-electron chi connectivity index (χ2n) is 8.92. The molecule has 1 heterocycles. The minimum absolute atomic E-state index is 0.0214. The van der Waals surface area contributed by atoms with E-state index in [0.29, 0.717) is 28.5 Å². The zero-order valence-electron chi connectivity index (χ0n) is 14.4. The first-order chi connectivity index (χ1) is 12.3. The van der Waals surface area contributed by atoms with Crippen LogP contribution in [0.25, 0.3) is 0 Å². The standard InChI is InChI=1S/C20H21Cl2NO3/c21-13-4-14(22)17-15(5-13)23-18(25)20(17,26)9-16(24)19-6-10-1-11(7-19)3-12(2-10)8-19/h4-5,10-12,26H,1-3,6-9H2,(H,23,25)/t10?,11?,12?,19?,20-/m0/s1. The van der Waals surface area contributed by atoms with Gasteiger partial charge in [-0.1, -0.05) is 23.2 Å². The molecular weight excluding hydrogens is 373 g/mol. The van der Waals surface area contributed by atoms with Crippen LogP contribution in [0.5, 0.6) is 0 Å². The summed E-state index contributed by atoms with van der Waals surface area (Å²) in [5.41, 5.74) is -1.58. The van der Waals surface area contributed by atoms with E-state index in [1.54, 1.807) is 6.07 Å². The third-order valence-electron chi connectivity index (χ3n) is 7.14. The maximum Gasteiger partial charge on any atom is 0.261 e. The maximum absolute atomic E-state index is 13.4. The highest BCUT2D eigenvalue weighted by molar-refractivity contribution is 6.36. The summed E-state index contributed by atoms with van der Waals surface area (Å²) in [7, 11) is 0. The van der Waals surface area contributed by atoms with Crippen LogP contribution in [0, 0.1) is 23.2 Å². The molecule has 6 rings (SSSR count). The molecule has 0 unspecified atom stereocenters. The number of carbonyl (C=O) groups excluding carboxylic acids is 2. The third-order valence-corrected chi connectivity index (χ3v) is 7.65. The molecule has 0 aromatic heterocycles. The number of amides is 1. The summed E-state index contributed by atoms with van der Waals surface area (Å²) in [5.74, 6) is 1.33. The normalized spacial score (nSPS) is 39.8. The predicted molar refractivity (Wildman–Crippen MR) is 99.2 cm³/mol. The number of anilines is 1. The average Bonchev–Trinajstić information content (AvgIpc) is 2.76. The Morgan fingerprint density at radius 2 is 1.69 bits per heavy atom. The third kappa shape index (κ3) is 2.31. The molecule has 1 aromatic rings. The summed E-state index contributed by atoms with van der Waals surface area (Å²) < 4.78 is 0. The van der Waals surface area contributed by atoms with Gasteiger partial charge in [0.1, 0.15) is 5.78 Å². The van der Waals surface area contributed by atoms with Gasteiger partial charge in [-0.2, -0.15) is 0 Å². The van der Waals surface area contributed by atoms with Gasteiger partial charge in [-0.3, -0.25) is 9.59 Å². The number of hydrogen-bond acceptors (Lipinski definition) is 3. The lowest BCUT2D eigenvalue weighted by Gasteiger charge is -2.56. The summed E-state index contributed by atoms with van der Waals surface area (Å²) in [5, 5.41) is 14.4. The van der Waals surface area contributed by atoms with Crippen LogP contribution in [0.15, 0.2) is 12.1 Å². The van der Waals surface area contributed by atoms with Crippen molar-refractivity contribution in [3.05, 3.63) is 27.7 Å². The van der Waals surface area contributed by atoms with E-state index in [1.807, 2.05) is 0 Å². The lowest BCUT2D eigenvalue weighted by Crippen LogP contribution is -2.52. The number of nitrogens with one attached hydrogen (secondary N) is 1. The van der Waals surface area contributed by atoms with E-state index < -0.39 is 11.5 Å². The molecule has 4 aliphatic carbocycles. The number of aliphatic hydroxyl groups is 1. The molecule has 1 amide bonds. The Hall–Kier alpha value is -1.10. The van der Waals surface area contributed by atoms with Gasteiger partial charge in [-0.15, -0.1) is 0 Å². The number of carbonyl (C=O) groups is 2. The van der Waals surface area contributed by atoms with Crippen molar-refractivity contribution in [2.75, 3.05) is 5.32 Å². The summed E-state index contributed by atoms with van der Waals surface area (Å²) in [6.07, 6.45) is 6.25. The van der Waals surface area contributed by atoms with Crippen LogP contribution in [0.4, 0.5) is 5.69 Å². The fraction of sp³-hybridized carbons (Fsp3) is 0.600. The molecule has 4 nitrogen and oxygen atoms in total. The lowest BCUT2D eigenvalue weighted by molar-refractivity contribution is -0.153. The molecule has 1 aliphatic heterocycles. The maximum atomic E-state index is 13.4.